The van der Waals surface area contributed by atoms with Crippen LogP contribution in [0.4, 0.5) is 4.39 Å². The zero-order valence-corrected chi connectivity index (χ0v) is 10.1. The second kappa shape index (κ2) is 5.27. The second-order valence-electron chi connectivity index (χ2n) is 4.98. The quantitative estimate of drug-likeness (QED) is 0.828. The molecule has 1 aromatic rings. The Morgan fingerprint density at radius 3 is 2.41 bits per heavy atom. The van der Waals surface area contributed by atoms with Gasteiger partial charge in [0.2, 0.25) is 0 Å². The van der Waals surface area contributed by atoms with Gasteiger partial charge in [-0.3, -0.25) is 4.79 Å². The van der Waals surface area contributed by atoms with Gasteiger partial charge in [-0.15, -0.1) is 0 Å². The monoisotopic (exact) mass is 239 g/mol. The molecule has 1 rings (SSSR count). The van der Waals surface area contributed by atoms with Crippen LogP contribution in [-0.2, 0) is 11.2 Å². The highest BCUT2D eigenvalue weighted by atomic mass is 19.1. The smallest absolute Gasteiger partial charge is 0.309 e. The summed E-state index contributed by atoms with van der Waals surface area (Å²) in [5, 5.41) is 8.99. The number of carbonyl (C=O) groups is 1. The lowest BCUT2D eigenvalue weighted by Gasteiger charge is -2.23. The average molecular weight is 239 g/mol. The van der Waals surface area contributed by atoms with Crippen LogP contribution in [0.2, 0.25) is 0 Å². The van der Waals surface area contributed by atoms with Crippen molar-refractivity contribution < 1.29 is 14.3 Å². The fourth-order valence-corrected chi connectivity index (χ4v) is 1.74. The molecule has 0 saturated carbocycles. The lowest BCUT2D eigenvalue weighted by atomic mass is 9.84. The largest absolute Gasteiger partial charge is 0.481 e. The van der Waals surface area contributed by atoms with Gasteiger partial charge in [-0.05, 0) is 44.4 Å². The first kappa shape index (κ1) is 13.6. The Balaban J connectivity index is 2.58. The number of hydrogen-bond acceptors (Lipinski definition) is 2. The van der Waals surface area contributed by atoms with Crippen molar-refractivity contribution in [3.63, 3.8) is 0 Å². The van der Waals surface area contributed by atoms with Crippen molar-refractivity contribution in [2.75, 3.05) is 0 Å². The van der Waals surface area contributed by atoms with Gasteiger partial charge >= 0.3 is 5.97 Å². The minimum atomic E-state index is -0.855. The van der Waals surface area contributed by atoms with Crippen molar-refractivity contribution in [2.45, 2.75) is 32.7 Å². The molecule has 94 valence electrons. The van der Waals surface area contributed by atoms with Crippen LogP contribution in [0.25, 0.3) is 0 Å². The Labute approximate surface area is 100 Å². The molecule has 0 aromatic heterocycles. The van der Waals surface area contributed by atoms with E-state index >= 15 is 0 Å². The molecule has 3 N–H and O–H groups in total. The maximum atomic E-state index is 12.7. The Morgan fingerprint density at radius 2 is 1.94 bits per heavy atom. The van der Waals surface area contributed by atoms with E-state index in [4.69, 9.17) is 10.8 Å². The van der Waals surface area contributed by atoms with Crippen LogP contribution in [0.1, 0.15) is 25.8 Å². The molecule has 0 saturated heterocycles. The van der Waals surface area contributed by atoms with Crippen LogP contribution in [0.15, 0.2) is 24.3 Å². The van der Waals surface area contributed by atoms with E-state index in [9.17, 15) is 9.18 Å². The third kappa shape index (κ3) is 4.15. The molecule has 17 heavy (non-hydrogen) atoms. The van der Waals surface area contributed by atoms with Crippen LogP contribution in [-0.4, -0.2) is 17.1 Å². The van der Waals surface area contributed by atoms with Gasteiger partial charge in [-0.1, -0.05) is 12.1 Å². The summed E-state index contributed by atoms with van der Waals surface area (Å²) in [5.74, 6) is -1.14. The predicted molar refractivity (Wildman–Crippen MR) is 64.1 cm³/mol. The van der Waals surface area contributed by atoms with Crippen molar-refractivity contribution in [3.05, 3.63) is 35.6 Å². The van der Waals surface area contributed by atoms with E-state index in [2.05, 4.69) is 0 Å². The molecule has 3 nitrogen and oxygen atoms in total. The maximum Gasteiger partial charge on any atom is 0.309 e. The minimum Gasteiger partial charge on any atom is -0.481 e. The number of halogens is 1. The lowest BCUT2D eigenvalue weighted by molar-refractivity contribution is -0.147. The molecular formula is C13H18FNO2. The first-order chi connectivity index (χ1) is 7.81. The zero-order chi connectivity index (χ0) is 13.1. The van der Waals surface area contributed by atoms with Gasteiger partial charge in [0.1, 0.15) is 5.82 Å². The van der Waals surface area contributed by atoms with Gasteiger partial charge in [-0.2, -0.15) is 0 Å². The molecule has 0 unspecified atom stereocenters. The Bertz CT molecular complexity index is 387. The van der Waals surface area contributed by atoms with Crippen LogP contribution < -0.4 is 5.73 Å². The van der Waals surface area contributed by atoms with Gasteiger partial charge < -0.3 is 10.8 Å². The molecular weight excluding hydrogens is 221 g/mol. The summed E-state index contributed by atoms with van der Waals surface area (Å²) in [7, 11) is 0. The molecule has 1 aromatic carbocycles. The average Bonchev–Trinajstić information content (AvgIpc) is 2.20. The third-order valence-corrected chi connectivity index (χ3v) is 2.76. The summed E-state index contributed by atoms with van der Waals surface area (Å²) in [6.45, 7) is 3.31. The molecule has 0 aliphatic carbocycles. The number of carboxylic acid groups (broad SMARTS) is 1. The molecule has 0 spiro atoms. The van der Waals surface area contributed by atoms with E-state index in [1.54, 1.807) is 26.0 Å². The zero-order valence-electron chi connectivity index (χ0n) is 10.1. The predicted octanol–water partition coefficient (Wildman–Crippen LogP) is 2.20. The number of aliphatic carboxylic acids is 1. The van der Waals surface area contributed by atoms with Crippen molar-refractivity contribution in [3.8, 4) is 0 Å². The number of carboxylic acids is 1. The van der Waals surface area contributed by atoms with Crippen LogP contribution >= 0.6 is 0 Å². The molecule has 1 atom stereocenters. The highest BCUT2D eigenvalue weighted by Gasteiger charge is 2.29. The standard InChI is InChI=1S/C13H18FNO2/c1-13(2,12(16)17)8-11(15)7-9-3-5-10(14)6-4-9/h3-6,11H,7-8,15H2,1-2H3,(H,16,17)/t11-/m0/s1. The Kier molecular flexibility index (Phi) is 4.23. The lowest BCUT2D eigenvalue weighted by Crippen LogP contribution is -2.34. The highest BCUT2D eigenvalue weighted by molar-refractivity contribution is 5.73. The van der Waals surface area contributed by atoms with E-state index in [1.165, 1.54) is 12.1 Å². The summed E-state index contributed by atoms with van der Waals surface area (Å²) in [6.07, 6.45) is 0.941. The van der Waals surface area contributed by atoms with E-state index < -0.39 is 11.4 Å². The first-order valence-corrected chi connectivity index (χ1v) is 5.55. The van der Waals surface area contributed by atoms with Gasteiger partial charge in [-0.25, -0.2) is 4.39 Å². The van der Waals surface area contributed by atoms with Gasteiger partial charge in [0.05, 0.1) is 5.41 Å². The SMILES string of the molecule is CC(C)(C[C@@H](N)Cc1ccc(F)cc1)C(=O)O. The number of hydrogen-bond donors (Lipinski definition) is 2. The highest BCUT2D eigenvalue weighted by Crippen LogP contribution is 2.23. The molecule has 0 fully saturated rings. The molecule has 0 aliphatic heterocycles. The van der Waals surface area contributed by atoms with Crippen molar-refractivity contribution >= 4 is 5.97 Å². The topological polar surface area (TPSA) is 63.3 Å². The normalized spacial score (nSPS) is 13.4. The molecule has 0 amide bonds. The first-order valence-electron chi connectivity index (χ1n) is 5.55. The molecule has 0 heterocycles. The number of nitrogens with two attached hydrogens (primary N) is 1. The van der Waals surface area contributed by atoms with Gasteiger partial charge in [0.15, 0.2) is 0 Å². The van der Waals surface area contributed by atoms with E-state index in [-0.39, 0.29) is 11.9 Å². The summed E-state index contributed by atoms with van der Waals surface area (Å²) < 4.78 is 12.7. The second-order valence-corrected chi connectivity index (χ2v) is 4.98. The van der Waals surface area contributed by atoms with Gasteiger partial charge in [0.25, 0.3) is 0 Å². The van der Waals surface area contributed by atoms with Crippen LogP contribution in [0.3, 0.4) is 0 Å². The van der Waals surface area contributed by atoms with Crippen molar-refractivity contribution in [1.82, 2.24) is 0 Å². The molecule has 0 radical (unpaired) electrons. The third-order valence-electron chi connectivity index (χ3n) is 2.76. The fourth-order valence-electron chi connectivity index (χ4n) is 1.74. The summed E-state index contributed by atoms with van der Waals surface area (Å²) in [4.78, 5) is 10.9. The summed E-state index contributed by atoms with van der Waals surface area (Å²) in [6, 6.07) is 5.85. The number of benzene rings is 1. The van der Waals surface area contributed by atoms with E-state index in [0.29, 0.717) is 12.8 Å². The van der Waals surface area contributed by atoms with E-state index in [0.717, 1.165) is 5.56 Å². The number of rotatable bonds is 5. The summed E-state index contributed by atoms with van der Waals surface area (Å²) in [5.41, 5.74) is 5.99. The van der Waals surface area contributed by atoms with Crippen LogP contribution in [0, 0.1) is 11.2 Å². The molecule has 4 heteroatoms. The fraction of sp³-hybridized carbons (Fsp3) is 0.462. The molecule has 0 bridgehead atoms. The van der Waals surface area contributed by atoms with Gasteiger partial charge in [0, 0.05) is 6.04 Å². The van der Waals surface area contributed by atoms with Crippen LogP contribution in [0.5, 0.6) is 0 Å². The maximum absolute atomic E-state index is 12.7. The van der Waals surface area contributed by atoms with Crippen molar-refractivity contribution in [2.24, 2.45) is 11.1 Å². The summed E-state index contributed by atoms with van der Waals surface area (Å²) >= 11 is 0. The van der Waals surface area contributed by atoms with E-state index in [1.807, 2.05) is 0 Å². The van der Waals surface area contributed by atoms with Crippen molar-refractivity contribution in [1.29, 1.82) is 0 Å². The Morgan fingerprint density at radius 1 is 1.41 bits per heavy atom. The molecule has 0 aliphatic rings. The Hall–Kier alpha value is -1.42. The minimum absolute atomic E-state index is 0.244.